The predicted molar refractivity (Wildman–Crippen MR) is 76.8 cm³/mol. The van der Waals surface area contributed by atoms with Crippen molar-refractivity contribution < 1.29 is 9.50 Å². The van der Waals surface area contributed by atoms with Crippen LogP contribution >= 0.6 is 0 Å². The first-order valence-electron chi connectivity index (χ1n) is 7.58. The lowest BCUT2D eigenvalue weighted by Crippen LogP contribution is -2.48. The van der Waals surface area contributed by atoms with Crippen molar-refractivity contribution in [3.63, 3.8) is 0 Å². The second-order valence-corrected chi connectivity index (χ2v) is 6.11. The van der Waals surface area contributed by atoms with Crippen LogP contribution in [0.2, 0.25) is 0 Å². The van der Waals surface area contributed by atoms with Crippen molar-refractivity contribution in [3.8, 4) is 0 Å². The number of aliphatic hydroxyl groups excluding tert-OH is 1. The maximum Gasteiger partial charge on any atom is 0.123 e. The summed E-state index contributed by atoms with van der Waals surface area (Å²) < 4.78 is 13.2. The molecule has 0 spiro atoms. The first kappa shape index (κ1) is 14.0. The molecule has 3 rings (SSSR count). The fourth-order valence-electron chi connectivity index (χ4n) is 2.92. The molecule has 1 N–H and O–H groups in total. The molecule has 1 saturated carbocycles. The van der Waals surface area contributed by atoms with Crippen molar-refractivity contribution in [2.24, 2.45) is 5.92 Å². The molecule has 1 aliphatic carbocycles. The van der Waals surface area contributed by atoms with Crippen molar-refractivity contribution in [3.05, 3.63) is 35.6 Å². The number of benzene rings is 1. The van der Waals surface area contributed by atoms with Crippen LogP contribution in [0, 0.1) is 11.7 Å². The molecule has 2 aliphatic rings. The van der Waals surface area contributed by atoms with Crippen molar-refractivity contribution in [1.82, 2.24) is 9.80 Å². The van der Waals surface area contributed by atoms with Gasteiger partial charge in [-0.2, -0.15) is 0 Å². The highest BCUT2D eigenvalue weighted by Gasteiger charge is 2.31. The van der Waals surface area contributed by atoms with Crippen LogP contribution in [0.3, 0.4) is 0 Å². The second-order valence-electron chi connectivity index (χ2n) is 6.11. The van der Waals surface area contributed by atoms with Crippen molar-refractivity contribution >= 4 is 0 Å². The number of rotatable bonds is 5. The number of nitrogens with zero attached hydrogens (tertiary/aromatic N) is 2. The Bertz CT molecular complexity index is 442. The topological polar surface area (TPSA) is 26.7 Å². The Morgan fingerprint density at radius 2 is 1.85 bits per heavy atom. The number of hydrogen-bond donors (Lipinski definition) is 1. The highest BCUT2D eigenvalue weighted by atomic mass is 19.1. The normalized spacial score (nSPS) is 22.9. The largest absolute Gasteiger partial charge is 0.392 e. The van der Waals surface area contributed by atoms with Gasteiger partial charge in [-0.3, -0.25) is 9.80 Å². The first-order valence-corrected chi connectivity index (χ1v) is 7.58. The number of piperazine rings is 1. The minimum absolute atomic E-state index is 0.134. The second kappa shape index (κ2) is 6.20. The number of β-amino-alcohol motifs (C(OH)–C–C–N with tert-alkyl or cyclic N) is 1. The van der Waals surface area contributed by atoms with E-state index in [-0.39, 0.29) is 11.9 Å². The average Bonchev–Trinajstić information content (AvgIpc) is 3.25. The molecule has 0 radical (unpaired) electrons. The van der Waals surface area contributed by atoms with E-state index in [1.807, 2.05) is 6.07 Å². The fourth-order valence-corrected chi connectivity index (χ4v) is 2.92. The van der Waals surface area contributed by atoms with Crippen molar-refractivity contribution in [1.29, 1.82) is 0 Å². The summed E-state index contributed by atoms with van der Waals surface area (Å²) in [6, 6.07) is 6.85. The molecule has 1 aromatic carbocycles. The van der Waals surface area contributed by atoms with E-state index in [1.165, 1.54) is 18.9 Å². The summed E-state index contributed by atoms with van der Waals surface area (Å²) in [7, 11) is 0. The highest BCUT2D eigenvalue weighted by Crippen LogP contribution is 2.32. The third kappa shape index (κ3) is 3.78. The molecule has 1 aromatic rings. The molecule has 1 saturated heterocycles. The molecule has 0 aromatic heterocycles. The molecule has 4 heteroatoms. The third-order valence-corrected chi connectivity index (χ3v) is 4.37. The monoisotopic (exact) mass is 278 g/mol. The molecule has 1 unspecified atom stereocenters. The van der Waals surface area contributed by atoms with E-state index >= 15 is 0 Å². The van der Waals surface area contributed by atoms with E-state index in [0.717, 1.165) is 44.8 Å². The summed E-state index contributed by atoms with van der Waals surface area (Å²) in [4.78, 5) is 4.71. The van der Waals surface area contributed by atoms with Crippen LogP contribution < -0.4 is 0 Å². The van der Waals surface area contributed by atoms with Crippen LogP contribution in [0.15, 0.2) is 24.3 Å². The summed E-state index contributed by atoms with van der Waals surface area (Å²) >= 11 is 0. The van der Waals surface area contributed by atoms with Gasteiger partial charge in [-0.05, 0) is 36.5 Å². The van der Waals surface area contributed by atoms with Gasteiger partial charge in [-0.15, -0.1) is 0 Å². The molecule has 1 aliphatic heterocycles. The smallest absolute Gasteiger partial charge is 0.123 e. The van der Waals surface area contributed by atoms with Gasteiger partial charge in [0, 0.05) is 39.3 Å². The fraction of sp³-hybridized carbons (Fsp3) is 0.625. The Labute approximate surface area is 120 Å². The maximum absolute atomic E-state index is 13.2. The van der Waals surface area contributed by atoms with Crippen LogP contribution in [0.4, 0.5) is 4.39 Å². The molecule has 0 bridgehead atoms. The lowest BCUT2D eigenvalue weighted by molar-refractivity contribution is 0.0601. The van der Waals surface area contributed by atoms with Gasteiger partial charge >= 0.3 is 0 Å². The Morgan fingerprint density at radius 1 is 1.15 bits per heavy atom. The highest BCUT2D eigenvalue weighted by molar-refractivity contribution is 5.16. The van der Waals surface area contributed by atoms with Crippen LogP contribution in [-0.4, -0.2) is 53.7 Å². The third-order valence-electron chi connectivity index (χ3n) is 4.37. The van der Waals surface area contributed by atoms with Crippen LogP contribution in [0.25, 0.3) is 0 Å². The lowest BCUT2D eigenvalue weighted by atomic mass is 10.1. The van der Waals surface area contributed by atoms with Crippen molar-refractivity contribution in [2.45, 2.75) is 25.5 Å². The molecule has 20 heavy (non-hydrogen) atoms. The van der Waals surface area contributed by atoms with Gasteiger partial charge in [0.25, 0.3) is 0 Å². The van der Waals surface area contributed by atoms with Crippen LogP contribution in [0.1, 0.15) is 18.4 Å². The van der Waals surface area contributed by atoms with E-state index in [2.05, 4.69) is 9.80 Å². The lowest BCUT2D eigenvalue weighted by Gasteiger charge is -2.35. The SMILES string of the molecule is OC(CN1CCN(Cc2cccc(F)c2)CC1)C1CC1. The zero-order valence-corrected chi connectivity index (χ0v) is 11.8. The van der Waals surface area contributed by atoms with Gasteiger partial charge in [0.15, 0.2) is 0 Å². The van der Waals surface area contributed by atoms with Crippen LogP contribution in [0.5, 0.6) is 0 Å². The van der Waals surface area contributed by atoms with Gasteiger partial charge in [-0.1, -0.05) is 12.1 Å². The summed E-state index contributed by atoms with van der Waals surface area (Å²) in [5.74, 6) is 0.397. The Morgan fingerprint density at radius 3 is 2.50 bits per heavy atom. The van der Waals surface area contributed by atoms with E-state index in [9.17, 15) is 9.50 Å². The minimum Gasteiger partial charge on any atom is -0.392 e. The first-order chi connectivity index (χ1) is 9.70. The van der Waals surface area contributed by atoms with Gasteiger partial charge in [-0.25, -0.2) is 4.39 Å². The predicted octanol–water partition coefficient (Wildman–Crippen LogP) is 1.71. The Balaban J connectivity index is 1.43. The summed E-state index contributed by atoms with van der Waals surface area (Å²) in [6.45, 7) is 5.62. The Kier molecular flexibility index (Phi) is 4.34. The van der Waals surface area contributed by atoms with E-state index < -0.39 is 0 Å². The quantitative estimate of drug-likeness (QED) is 0.888. The maximum atomic E-state index is 13.2. The molecule has 1 atom stereocenters. The number of halogens is 1. The summed E-state index contributed by atoms with van der Waals surface area (Å²) in [5, 5.41) is 9.98. The molecule has 0 amide bonds. The Hall–Kier alpha value is -0.970. The molecule has 110 valence electrons. The molecular formula is C16H23FN2O. The van der Waals surface area contributed by atoms with Gasteiger partial charge in [0.1, 0.15) is 5.82 Å². The zero-order chi connectivity index (χ0) is 13.9. The standard InChI is InChI=1S/C16H23FN2O/c17-15-3-1-2-13(10-15)11-18-6-8-19(9-7-18)12-16(20)14-4-5-14/h1-3,10,14,16,20H,4-9,11-12H2. The number of aliphatic hydroxyl groups is 1. The molecule has 3 nitrogen and oxygen atoms in total. The minimum atomic E-state index is -0.159. The van der Waals surface area contributed by atoms with Gasteiger partial charge in [0.2, 0.25) is 0 Å². The number of hydrogen-bond acceptors (Lipinski definition) is 3. The summed E-state index contributed by atoms with van der Waals surface area (Å²) in [6.07, 6.45) is 2.26. The zero-order valence-electron chi connectivity index (χ0n) is 11.8. The molecule has 2 fully saturated rings. The average molecular weight is 278 g/mol. The van der Waals surface area contributed by atoms with E-state index in [1.54, 1.807) is 12.1 Å². The summed E-state index contributed by atoms with van der Waals surface area (Å²) in [5.41, 5.74) is 1.04. The molecule has 1 heterocycles. The van der Waals surface area contributed by atoms with Crippen LogP contribution in [-0.2, 0) is 6.54 Å². The van der Waals surface area contributed by atoms with Crippen molar-refractivity contribution in [2.75, 3.05) is 32.7 Å². The van der Waals surface area contributed by atoms with E-state index in [0.29, 0.717) is 5.92 Å². The molecular weight excluding hydrogens is 255 g/mol. The van der Waals surface area contributed by atoms with E-state index in [4.69, 9.17) is 0 Å². The van der Waals surface area contributed by atoms with Gasteiger partial charge < -0.3 is 5.11 Å². The van der Waals surface area contributed by atoms with Gasteiger partial charge in [0.05, 0.1) is 6.10 Å².